The van der Waals surface area contributed by atoms with Crippen LogP contribution in [0.15, 0.2) is 78.9 Å². The second-order valence-electron chi connectivity index (χ2n) is 8.81. The summed E-state index contributed by atoms with van der Waals surface area (Å²) in [6.45, 7) is 5.00. The van der Waals surface area contributed by atoms with E-state index in [2.05, 4.69) is 83.8 Å². The highest BCUT2D eigenvalue weighted by atomic mass is 35.5. The number of hydrogen-bond acceptors (Lipinski definition) is 2. The van der Waals surface area contributed by atoms with E-state index in [4.69, 9.17) is 4.74 Å². The van der Waals surface area contributed by atoms with E-state index in [0.717, 1.165) is 26.2 Å². The van der Waals surface area contributed by atoms with E-state index in [0.29, 0.717) is 0 Å². The number of rotatable bonds is 5. The van der Waals surface area contributed by atoms with Gasteiger partial charge in [0, 0.05) is 18.5 Å². The van der Waals surface area contributed by atoms with Gasteiger partial charge in [0.2, 0.25) is 0 Å². The lowest BCUT2D eigenvalue weighted by Crippen LogP contribution is -2.39. The molecule has 0 aliphatic carbocycles. The second-order valence-corrected chi connectivity index (χ2v) is 8.81. The van der Waals surface area contributed by atoms with E-state index >= 15 is 0 Å². The van der Waals surface area contributed by atoms with Crippen molar-refractivity contribution in [3.63, 3.8) is 0 Å². The van der Waals surface area contributed by atoms with Crippen LogP contribution in [0.3, 0.4) is 0 Å². The van der Waals surface area contributed by atoms with E-state index in [1.807, 2.05) is 0 Å². The van der Waals surface area contributed by atoms with E-state index in [9.17, 15) is 0 Å². The molecule has 2 aliphatic rings. The molecule has 3 aromatic carbocycles. The van der Waals surface area contributed by atoms with Crippen molar-refractivity contribution in [2.24, 2.45) is 0 Å². The Balaban J connectivity index is 0.00000231. The first-order chi connectivity index (χ1) is 14.9. The Kier molecular flexibility index (Phi) is 7.12. The van der Waals surface area contributed by atoms with Gasteiger partial charge in [-0.05, 0) is 60.0 Å². The predicted molar refractivity (Wildman–Crippen MR) is 130 cm³/mol. The number of ether oxygens (including phenoxy) is 1. The third-order valence-electron chi connectivity index (χ3n) is 7.06. The molecule has 1 unspecified atom stereocenters. The highest BCUT2D eigenvalue weighted by molar-refractivity contribution is 5.85. The van der Waals surface area contributed by atoms with Crippen LogP contribution in [0, 0.1) is 0 Å². The van der Waals surface area contributed by atoms with Gasteiger partial charge in [0.25, 0.3) is 0 Å². The minimum absolute atomic E-state index is 0. The normalized spacial score (nSPS) is 20.8. The fourth-order valence-corrected chi connectivity index (χ4v) is 5.42. The van der Waals surface area contributed by atoms with Gasteiger partial charge in [0.1, 0.15) is 0 Å². The average Bonchev–Trinajstić information content (AvgIpc) is 3.02. The number of halogens is 1. The summed E-state index contributed by atoms with van der Waals surface area (Å²) >= 11 is 0. The molecular formula is C28H32ClNO. The Morgan fingerprint density at radius 1 is 0.742 bits per heavy atom. The summed E-state index contributed by atoms with van der Waals surface area (Å²) < 4.78 is 6.16. The first-order valence-electron chi connectivity index (χ1n) is 11.4. The van der Waals surface area contributed by atoms with Crippen LogP contribution in [0.25, 0.3) is 0 Å². The van der Waals surface area contributed by atoms with E-state index in [1.54, 1.807) is 0 Å². The van der Waals surface area contributed by atoms with Gasteiger partial charge in [-0.1, -0.05) is 78.9 Å². The zero-order valence-corrected chi connectivity index (χ0v) is 18.9. The van der Waals surface area contributed by atoms with Crippen LogP contribution >= 0.6 is 12.4 Å². The second kappa shape index (κ2) is 9.99. The van der Waals surface area contributed by atoms with Crippen molar-refractivity contribution in [2.75, 3.05) is 26.2 Å². The van der Waals surface area contributed by atoms with Gasteiger partial charge in [-0.15, -0.1) is 12.4 Å². The number of fused-ring (bicyclic) bond motifs is 2. The topological polar surface area (TPSA) is 12.5 Å². The van der Waals surface area contributed by atoms with Crippen LogP contribution in [0.2, 0.25) is 0 Å². The van der Waals surface area contributed by atoms with Crippen LogP contribution in [0.1, 0.15) is 40.7 Å². The molecule has 2 heterocycles. The number of nitrogens with zero attached hydrogens (tertiary/aromatic N) is 1. The van der Waals surface area contributed by atoms with Crippen molar-refractivity contribution in [1.29, 1.82) is 0 Å². The lowest BCUT2D eigenvalue weighted by Gasteiger charge is -2.40. The SMILES string of the molecule is Cl.c1ccc(C2(CCCN3CCc4ccccc4CC3)COCc3ccccc32)cc1. The van der Waals surface area contributed by atoms with Crippen LogP contribution < -0.4 is 0 Å². The molecule has 0 aromatic heterocycles. The molecule has 0 radical (unpaired) electrons. The molecule has 31 heavy (non-hydrogen) atoms. The molecule has 2 nitrogen and oxygen atoms in total. The fraction of sp³-hybridized carbons (Fsp3) is 0.357. The summed E-state index contributed by atoms with van der Waals surface area (Å²) in [6.07, 6.45) is 4.65. The molecular weight excluding hydrogens is 402 g/mol. The molecule has 0 amide bonds. The highest BCUT2D eigenvalue weighted by Crippen LogP contribution is 2.42. The van der Waals surface area contributed by atoms with Crippen LogP contribution in [-0.4, -0.2) is 31.1 Å². The van der Waals surface area contributed by atoms with E-state index in [-0.39, 0.29) is 17.8 Å². The monoisotopic (exact) mass is 433 g/mol. The Hall–Kier alpha value is -2.13. The largest absolute Gasteiger partial charge is 0.375 e. The first-order valence-corrected chi connectivity index (χ1v) is 11.4. The maximum atomic E-state index is 6.16. The number of benzene rings is 3. The van der Waals surface area contributed by atoms with Crippen molar-refractivity contribution in [2.45, 2.75) is 37.7 Å². The molecule has 2 aliphatic heterocycles. The third kappa shape index (κ3) is 4.57. The maximum Gasteiger partial charge on any atom is 0.0720 e. The summed E-state index contributed by atoms with van der Waals surface area (Å²) in [4.78, 5) is 2.66. The van der Waals surface area contributed by atoms with Gasteiger partial charge >= 0.3 is 0 Å². The lowest BCUT2D eigenvalue weighted by molar-refractivity contribution is 0.0601. The zero-order chi connectivity index (χ0) is 20.2. The molecule has 0 saturated carbocycles. The van der Waals surface area contributed by atoms with Crippen molar-refractivity contribution in [3.05, 3.63) is 107 Å². The minimum atomic E-state index is -0.0368. The van der Waals surface area contributed by atoms with Crippen LogP contribution in [-0.2, 0) is 29.6 Å². The molecule has 3 aromatic rings. The summed E-state index contributed by atoms with van der Waals surface area (Å²) in [5.41, 5.74) is 7.24. The van der Waals surface area contributed by atoms with Gasteiger partial charge in [-0.25, -0.2) is 0 Å². The van der Waals surface area contributed by atoms with Gasteiger partial charge in [0.05, 0.1) is 13.2 Å². The van der Waals surface area contributed by atoms with Gasteiger partial charge in [-0.2, -0.15) is 0 Å². The van der Waals surface area contributed by atoms with Crippen LogP contribution in [0.5, 0.6) is 0 Å². The third-order valence-corrected chi connectivity index (χ3v) is 7.06. The van der Waals surface area contributed by atoms with Crippen molar-refractivity contribution >= 4 is 12.4 Å². The standard InChI is InChI=1S/C28H31NO.ClH/c1-2-12-26(13-3-1)28(22-30-21-25-11-6-7-14-27(25)28)17-8-18-29-19-15-23-9-4-5-10-24(23)16-20-29;/h1-7,9-14H,8,15-22H2;1H. The Morgan fingerprint density at radius 2 is 1.35 bits per heavy atom. The zero-order valence-electron chi connectivity index (χ0n) is 18.1. The Morgan fingerprint density at radius 3 is 2.06 bits per heavy atom. The Bertz CT molecular complexity index is 962. The molecule has 0 bridgehead atoms. The van der Waals surface area contributed by atoms with E-state index < -0.39 is 0 Å². The fourth-order valence-electron chi connectivity index (χ4n) is 5.42. The lowest BCUT2D eigenvalue weighted by atomic mass is 9.69. The molecule has 0 saturated heterocycles. The summed E-state index contributed by atoms with van der Waals surface area (Å²) in [6, 6.07) is 28.9. The molecule has 162 valence electrons. The van der Waals surface area contributed by atoms with Crippen molar-refractivity contribution in [3.8, 4) is 0 Å². The average molecular weight is 434 g/mol. The molecule has 5 rings (SSSR count). The minimum Gasteiger partial charge on any atom is -0.375 e. The van der Waals surface area contributed by atoms with Crippen molar-refractivity contribution < 1.29 is 4.74 Å². The molecule has 0 N–H and O–H groups in total. The summed E-state index contributed by atoms with van der Waals surface area (Å²) in [5, 5.41) is 0. The molecule has 0 fully saturated rings. The Labute approximate surface area is 192 Å². The van der Waals surface area contributed by atoms with Gasteiger partial charge < -0.3 is 9.64 Å². The number of hydrogen-bond donors (Lipinski definition) is 0. The first kappa shape index (κ1) is 22.1. The molecule has 3 heteroatoms. The maximum absolute atomic E-state index is 6.16. The predicted octanol–water partition coefficient (Wildman–Crippen LogP) is 5.81. The van der Waals surface area contributed by atoms with Gasteiger partial charge in [-0.3, -0.25) is 0 Å². The van der Waals surface area contributed by atoms with E-state index in [1.165, 1.54) is 60.2 Å². The summed E-state index contributed by atoms with van der Waals surface area (Å²) in [5.74, 6) is 0. The van der Waals surface area contributed by atoms with Gasteiger partial charge in [0.15, 0.2) is 0 Å². The van der Waals surface area contributed by atoms with Crippen LogP contribution in [0.4, 0.5) is 0 Å². The quantitative estimate of drug-likeness (QED) is 0.503. The highest BCUT2D eigenvalue weighted by Gasteiger charge is 2.38. The van der Waals surface area contributed by atoms with Crippen molar-refractivity contribution in [1.82, 2.24) is 4.90 Å². The smallest absolute Gasteiger partial charge is 0.0720 e. The summed E-state index contributed by atoms with van der Waals surface area (Å²) in [7, 11) is 0. The molecule has 0 spiro atoms. The molecule has 1 atom stereocenters.